The van der Waals surface area contributed by atoms with E-state index in [1.807, 2.05) is 24.3 Å². The molecule has 0 radical (unpaired) electrons. The van der Waals surface area contributed by atoms with Gasteiger partial charge in [-0.05, 0) is 37.0 Å². The van der Waals surface area contributed by atoms with E-state index in [2.05, 4.69) is 10.6 Å². The summed E-state index contributed by atoms with van der Waals surface area (Å²) in [6, 6.07) is 7.01. The number of hydrogen-bond acceptors (Lipinski definition) is 3. The minimum atomic E-state index is -0.545. The standard InChI is InChI=1S/C13H19N3O2/c14-13(17)16-12-3-1-2-11(8-12)15-9-10-4-6-18-7-5-10/h1-3,8,10,15H,4-7,9H2,(H3,14,16,17). The maximum atomic E-state index is 10.8. The fourth-order valence-electron chi connectivity index (χ4n) is 2.06. The lowest BCUT2D eigenvalue weighted by Gasteiger charge is -2.22. The van der Waals surface area contributed by atoms with Crippen molar-refractivity contribution in [3.8, 4) is 0 Å². The fraction of sp³-hybridized carbons (Fsp3) is 0.462. The van der Waals surface area contributed by atoms with Crippen LogP contribution in [0, 0.1) is 5.92 Å². The molecule has 1 aromatic rings. The summed E-state index contributed by atoms with van der Waals surface area (Å²) in [5, 5.41) is 5.94. The van der Waals surface area contributed by atoms with Crippen molar-refractivity contribution < 1.29 is 9.53 Å². The Morgan fingerprint density at radius 1 is 1.33 bits per heavy atom. The van der Waals surface area contributed by atoms with Gasteiger partial charge in [0.15, 0.2) is 0 Å². The van der Waals surface area contributed by atoms with Gasteiger partial charge in [0.2, 0.25) is 0 Å². The highest BCUT2D eigenvalue weighted by Crippen LogP contribution is 2.18. The smallest absolute Gasteiger partial charge is 0.316 e. The van der Waals surface area contributed by atoms with Crippen molar-refractivity contribution in [3.05, 3.63) is 24.3 Å². The first-order valence-electron chi connectivity index (χ1n) is 6.22. The SMILES string of the molecule is NC(=O)Nc1cccc(NCC2CCOCC2)c1. The average molecular weight is 249 g/mol. The van der Waals surface area contributed by atoms with Gasteiger partial charge < -0.3 is 21.1 Å². The normalized spacial score (nSPS) is 16.2. The van der Waals surface area contributed by atoms with Gasteiger partial charge in [0.05, 0.1) is 0 Å². The van der Waals surface area contributed by atoms with E-state index < -0.39 is 6.03 Å². The highest BCUT2D eigenvalue weighted by Gasteiger charge is 2.13. The van der Waals surface area contributed by atoms with Gasteiger partial charge in [-0.25, -0.2) is 4.79 Å². The Balaban J connectivity index is 1.86. The second-order valence-electron chi connectivity index (χ2n) is 4.51. The van der Waals surface area contributed by atoms with Crippen LogP contribution in [0.3, 0.4) is 0 Å². The summed E-state index contributed by atoms with van der Waals surface area (Å²) in [7, 11) is 0. The third-order valence-corrected chi connectivity index (χ3v) is 3.07. The predicted molar refractivity (Wildman–Crippen MR) is 71.7 cm³/mol. The first kappa shape index (κ1) is 12.7. The highest BCUT2D eigenvalue weighted by molar-refractivity contribution is 5.88. The molecule has 2 amide bonds. The van der Waals surface area contributed by atoms with Gasteiger partial charge in [0, 0.05) is 31.1 Å². The van der Waals surface area contributed by atoms with Crippen LogP contribution in [0.1, 0.15) is 12.8 Å². The summed E-state index contributed by atoms with van der Waals surface area (Å²) in [5.74, 6) is 0.659. The van der Waals surface area contributed by atoms with Gasteiger partial charge in [-0.15, -0.1) is 0 Å². The number of primary amides is 1. The zero-order chi connectivity index (χ0) is 12.8. The molecule has 0 unspecified atom stereocenters. The largest absolute Gasteiger partial charge is 0.385 e. The van der Waals surface area contributed by atoms with Crippen molar-refractivity contribution in [2.24, 2.45) is 11.7 Å². The zero-order valence-corrected chi connectivity index (χ0v) is 10.3. The predicted octanol–water partition coefficient (Wildman–Crippen LogP) is 2.02. The lowest BCUT2D eigenvalue weighted by atomic mass is 10.0. The van der Waals surface area contributed by atoms with Crippen LogP contribution in [0.15, 0.2) is 24.3 Å². The molecule has 0 aromatic heterocycles. The quantitative estimate of drug-likeness (QED) is 0.764. The van der Waals surface area contributed by atoms with E-state index in [0.717, 1.165) is 38.3 Å². The minimum Gasteiger partial charge on any atom is -0.385 e. The molecule has 0 spiro atoms. The number of nitrogens with two attached hydrogens (primary N) is 1. The molecule has 1 aliphatic heterocycles. The molecule has 4 N–H and O–H groups in total. The van der Waals surface area contributed by atoms with Gasteiger partial charge in [-0.2, -0.15) is 0 Å². The van der Waals surface area contributed by atoms with Crippen LogP contribution < -0.4 is 16.4 Å². The molecule has 1 fully saturated rings. The third-order valence-electron chi connectivity index (χ3n) is 3.07. The topological polar surface area (TPSA) is 76.4 Å². The summed E-state index contributed by atoms with van der Waals surface area (Å²) >= 11 is 0. The molecule has 5 heteroatoms. The molecule has 5 nitrogen and oxygen atoms in total. The number of benzene rings is 1. The zero-order valence-electron chi connectivity index (χ0n) is 10.3. The van der Waals surface area contributed by atoms with Crippen LogP contribution in [0.5, 0.6) is 0 Å². The number of urea groups is 1. The molecule has 1 aromatic carbocycles. The van der Waals surface area contributed by atoms with Crippen LogP contribution in [0.4, 0.5) is 16.2 Å². The molecule has 0 saturated carbocycles. The van der Waals surface area contributed by atoms with Crippen molar-refractivity contribution in [1.82, 2.24) is 0 Å². The second-order valence-corrected chi connectivity index (χ2v) is 4.51. The Kier molecular flexibility index (Phi) is 4.41. The summed E-state index contributed by atoms with van der Waals surface area (Å²) in [4.78, 5) is 10.8. The van der Waals surface area contributed by atoms with E-state index >= 15 is 0 Å². The van der Waals surface area contributed by atoms with Crippen molar-refractivity contribution in [2.45, 2.75) is 12.8 Å². The highest BCUT2D eigenvalue weighted by atomic mass is 16.5. The third kappa shape index (κ3) is 3.92. The van der Waals surface area contributed by atoms with Crippen LogP contribution in [0.25, 0.3) is 0 Å². The molecule has 1 aliphatic rings. The van der Waals surface area contributed by atoms with Crippen molar-refractivity contribution in [3.63, 3.8) is 0 Å². The molecule has 18 heavy (non-hydrogen) atoms. The Morgan fingerprint density at radius 2 is 2.06 bits per heavy atom. The number of carbonyl (C=O) groups is 1. The fourth-order valence-corrected chi connectivity index (χ4v) is 2.06. The van der Waals surface area contributed by atoms with E-state index in [1.165, 1.54) is 0 Å². The van der Waals surface area contributed by atoms with Gasteiger partial charge in [0.25, 0.3) is 0 Å². The number of anilines is 2. The summed E-state index contributed by atoms with van der Waals surface area (Å²) in [6.07, 6.45) is 2.21. The van der Waals surface area contributed by atoms with E-state index in [-0.39, 0.29) is 0 Å². The molecule has 0 atom stereocenters. The number of rotatable bonds is 4. The summed E-state index contributed by atoms with van der Waals surface area (Å²) in [6.45, 7) is 2.65. The van der Waals surface area contributed by atoms with Crippen LogP contribution in [-0.4, -0.2) is 25.8 Å². The number of carbonyl (C=O) groups excluding carboxylic acids is 1. The van der Waals surface area contributed by atoms with E-state index in [4.69, 9.17) is 10.5 Å². The second kappa shape index (κ2) is 6.26. The Labute approximate surface area is 107 Å². The monoisotopic (exact) mass is 249 g/mol. The number of hydrogen-bond donors (Lipinski definition) is 3. The first-order chi connectivity index (χ1) is 8.74. The van der Waals surface area contributed by atoms with Gasteiger partial charge in [0.1, 0.15) is 0 Å². The van der Waals surface area contributed by atoms with Crippen LogP contribution in [-0.2, 0) is 4.74 Å². The van der Waals surface area contributed by atoms with Crippen LogP contribution >= 0.6 is 0 Å². The van der Waals surface area contributed by atoms with E-state index in [1.54, 1.807) is 0 Å². The molecular formula is C13H19N3O2. The summed E-state index contributed by atoms with van der Waals surface area (Å²) in [5.41, 5.74) is 6.78. The molecule has 98 valence electrons. The number of nitrogens with one attached hydrogen (secondary N) is 2. The Hall–Kier alpha value is -1.75. The molecule has 2 rings (SSSR count). The van der Waals surface area contributed by atoms with Crippen molar-refractivity contribution in [1.29, 1.82) is 0 Å². The average Bonchev–Trinajstić information content (AvgIpc) is 2.37. The lowest BCUT2D eigenvalue weighted by Crippen LogP contribution is -2.22. The van der Waals surface area contributed by atoms with Crippen molar-refractivity contribution in [2.75, 3.05) is 30.4 Å². The molecule has 0 aliphatic carbocycles. The molecule has 0 bridgehead atoms. The maximum absolute atomic E-state index is 10.8. The molecular weight excluding hydrogens is 230 g/mol. The maximum Gasteiger partial charge on any atom is 0.316 e. The number of amides is 2. The lowest BCUT2D eigenvalue weighted by molar-refractivity contribution is 0.0699. The first-order valence-corrected chi connectivity index (χ1v) is 6.22. The van der Waals surface area contributed by atoms with Gasteiger partial charge in [-0.1, -0.05) is 6.07 Å². The van der Waals surface area contributed by atoms with E-state index in [9.17, 15) is 4.79 Å². The van der Waals surface area contributed by atoms with Crippen LogP contribution in [0.2, 0.25) is 0 Å². The molecule has 1 heterocycles. The minimum absolute atomic E-state index is 0.545. The van der Waals surface area contributed by atoms with Gasteiger partial charge in [-0.3, -0.25) is 0 Å². The molecule has 1 saturated heterocycles. The van der Waals surface area contributed by atoms with E-state index in [0.29, 0.717) is 11.6 Å². The van der Waals surface area contributed by atoms with Crippen molar-refractivity contribution >= 4 is 17.4 Å². The number of ether oxygens (including phenoxy) is 1. The Morgan fingerprint density at radius 3 is 2.78 bits per heavy atom. The van der Waals surface area contributed by atoms with Gasteiger partial charge >= 0.3 is 6.03 Å². The Bertz CT molecular complexity index is 403. The summed E-state index contributed by atoms with van der Waals surface area (Å²) < 4.78 is 5.33.